The zero-order chi connectivity index (χ0) is 16.7. The van der Waals surface area contributed by atoms with Crippen molar-refractivity contribution in [3.8, 4) is 5.75 Å². The lowest BCUT2D eigenvalue weighted by Gasteiger charge is -2.24. The number of urea groups is 1. The van der Waals surface area contributed by atoms with Crippen LogP contribution >= 0.6 is 0 Å². The van der Waals surface area contributed by atoms with Crippen molar-refractivity contribution in [2.45, 2.75) is 45.6 Å². The van der Waals surface area contributed by atoms with Crippen molar-refractivity contribution in [3.05, 3.63) is 23.8 Å². The first-order valence-corrected chi connectivity index (χ1v) is 8.47. The van der Waals surface area contributed by atoms with Crippen LogP contribution in [0.25, 0.3) is 0 Å². The van der Waals surface area contributed by atoms with E-state index in [1.807, 2.05) is 32.2 Å². The highest BCUT2D eigenvalue weighted by Crippen LogP contribution is 2.25. The lowest BCUT2D eigenvalue weighted by molar-refractivity contribution is 0.0253. The Labute approximate surface area is 139 Å². The highest BCUT2D eigenvalue weighted by molar-refractivity contribution is 5.89. The number of ether oxygens (including phenoxy) is 2. The quantitative estimate of drug-likeness (QED) is 0.867. The van der Waals surface area contributed by atoms with Crippen molar-refractivity contribution in [1.82, 2.24) is 4.90 Å². The molecule has 1 N–H and O–H groups in total. The monoisotopic (exact) mass is 320 g/mol. The number of carbonyl (C=O) groups excluding carboxylic acids is 1. The lowest BCUT2D eigenvalue weighted by atomic mass is 10.1. The molecular weight excluding hydrogens is 292 g/mol. The number of unbranched alkanes of at least 4 members (excludes halogenated alkanes) is 1. The molecule has 0 radical (unpaired) electrons. The summed E-state index contributed by atoms with van der Waals surface area (Å²) in [5.41, 5.74) is 1.83. The fourth-order valence-electron chi connectivity index (χ4n) is 2.55. The number of nitrogens with one attached hydrogen (secondary N) is 1. The normalized spacial score (nSPS) is 15.3. The molecule has 0 unspecified atom stereocenters. The summed E-state index contributed by atoms with van der Waals surface area (Å²) in [6, 6.07) is 5.72. The predicted molar refractivity (Wildman–Crippen MR) is 92.2 cm³/mol. The van der Waals surface area contributed by atoms with Crippen molar-refractivity contribution in [2.75, 3.05) is 32.1 Å². The lowest BCUT2D eigenvalue weighted by Crippen LogP contribution is -2.32. The van der Waals surface area contributed by atoms with E-state index in [1.165, 1.54) is 0 Å². The molecule has 23 heavy (non-hydrogen) atoms. The Morgan fingerprint density at radius 2 is 2.13 bits per heavy atom. The highest BCUT2D eigenvalue weighted by Gasteiger charge is 2.16. The van der Waals surface area contributed by atoms with Gasteiger partial charge in [0.1, 0.15) is 11.9 Å². The van der Waals surface area contributed by atoms with Crippen LogP contribution in [-0.2, 0) is 4.74 Å². The molecule has 5 heteroatoms. The van der Waals surface area contributed by atoms with Crippen molar-refractivity contribution >= 4 is 11.7 Å². The summed E-state index contributed by atoms with van der Waals surface area (Å²) >= 11 is 0. The molecule has 0 bridgehead atoms. The van der Waals surface area contributed by atoms with Gasteiger partial charge in [0.15, 0.2) is 0 Å². The number of nitrogens with zero attached hydrogens (tertiary/aromatic N) is 1. The van der Waals surface area contributed by atoms with Gasteiger partial charge in [0.25, 0.3) is 0 Å². The molecule has 0 saturated carbocycles. The van der Waals surface area contributed by atoms with E-state index in [9.17, 15) is 4.79 Å². The van der Waals surface area contributed by atoms with Gasteiger partial charge in [-0.25, -0.2) is 4.79 Å². The molecule has 0 atom stereocenters. The summed E-state index contributed by atoms with van der Waals surface area (Å²) in [5.74, 6) is 0.884. The molecule has 1 heterocycles. The Kier molecular flexibility index (Phi) is 6.71. The Morgan fingerprint density at radius 3 is 2.78 bits per heavy atom. The maximum absolute atomic E-state index is 12.1. The Hall–Kier alpha value is -1.75. The van der Waals surface area contributed by atoms with Crippen LogP contribution in [0.4, 0.5) is 10.5 Å². The first-order valence-electron chi connectivity index (χ1n) is 8.47. The second-order valence-electron chi connectivity index (χ2n) is 6.12. The Morgan fingerprint density at radius 1 is 1.39 bits per heavy atom. The first kappa shape index (κ1) is 17.6. The maximum atomic E-state index is 12.1. The largest absolute Gasteiger partial charge is 0.490 e. The number of carbonyl (C=O) groups is 1. The number of anilines is 1. The van der Waals surface area contributed by atoms with Gasteiger partial charge in [0, 0.05) is 32.1 Å². The van der Waals surface area contributed by atoms with Gasteiger partial charge in [-0.1, -0.05) is 13.3 Å². The summed E-state index contributed by atoms with van der Waals surface area (Å²) in [5, 5.41) is 2.93. The van der Waals surface area contributed by atoms with Crippen LogP contribution in [0, 0.1) is 6.92 Å². The second-order valence-corrected chi connectivity index (χ2v) is 6.12. The summed E-state index contributed by atoms with van der Waals surface area (Å²) < 4.78 is 11.4. The van der Waals surface area contributed by atoms with E-state index in [-0.39, 0.29) is 12.1 Å². The molecule has 0 spiro atoms. The third-order valence-corrected chi connectivity index (χ3v) is 4.08. The van der Waals surface area contributed by atoms with Crippen LogP contribution in [0.5, 0.6) is 5.75 Å². The van der Waals surface area contributed by atoms with Gasteiger partial charge in [-0.05, 0) is 37.1 Å². The molecule has 1 aliphatic rings. The van der Waals surface area contributed by atoms with Gasteiger partial charge in [0.05, 0.1) is 13.2 Å². The number of hydrogen-bond donors (Lipinski definition) is 1. The molecular formula is C18H28N2O3. The average Bonchev–Trinajstić information content (AvgIpc) is 2.56. The van der Waals surface area contributed by atoms with Crippen LogP contribution in [0.3, 0.4) is 0 Å². The van der Waals surface area contributed by atoms with E-state index < -0.39 is 0 Å². The predicted octanol–water partition coefficient (Wildman–Crippen LogP) is 3.82. The van der Waals surface area contributed by atoms with Gasteiger partial charge in [-0.2, -0.15) is 0 Å². The van der Waals surface area contributed by atoms with Crippen LogP contribution in [0.2, 0.25) is 0 Å². The second kappa shape index (κ2) is 8.77. The van der Waals surface area contributed by atoms with Crippen molar-refractivity contribution in [3.63, 3.8) is 0 Å². The molecule has 5 nitrogen and oxygen atoms in total. The van der Waals surface area contributed by atoms with E-state index in [0.717, 1.165) is 62.4 Å². The Balaban J connectivity index is 1.91. The van der Waals surface area contributed by atoms with Gasteiger partial charge >= 0.3 is 6.03 Å². The van der Waals surface area contributed by atoms with Gasteiger partial charge in [0.2, 0.25) is 0 Å². The zero-order valence-corrected chi connectivity index (χ0v) is 14.4. The summed E-state index contributed by atoms with van der Waals surface area (Å²) in [4.78, 5) is 13.8. The molecule has 1 aromatic carbocycles. The molecule has 1 aliphatic heterocycles. The first-order chi connectivity index (χ1) is 11.1. The standard InChI is InChI=1S/C18H28N2O3/c1-4-5-10-20(3)18(21)19-15-6-7-17(14(2)13-15)23-16-8-11-22-12-9-16/h6-7,13,16H,4-5,8-12H2,1-3H3,(H,19,21). The van der Waals surface area contributed by atoms with E-state index in [2.05, 4.69) is 12.2 Å². The third-order valence-electron chi connectivity index (χ3n) is 4.08. The smallest absolute Gasteiger partial charge is 0.321 e. The number of hydrogen-bond acceptors (Lipinski definition) is 3. The highest BCUT2D eigenvalue weighted by atomic mass is 16.5. The van der Waals surface area contributed by atoms with Crippen LogP contribution in [0.15, 0.2) is 18.2 Å². The van der Waals surface area contributed by atoms with Crippen LogP contribution in [-0.4, -0.2) is 43.8 Å². The van der Waals surface area contributed by atoms with Crippen LogP contribution in [0.1, 0.15) is 38.2 Å². The summed E-state index contributed by atoms with van der Waals surface area (Å²) in [7, 11) is 1.82. The topological polar surface area (TPSA) is 50.8 Å². The minimum absolute atomic E-state index is 0.0732. The number of amides is 2. The average molecular weight is 320 g/mol. The zero-order valence-electron chi connectivity index (χ0n) is 14.4. The molecule has 1 aromatic rings. The number of aryl methyl sites for hydroxylation is 1. The SMILES string of the molecule is CCCCN(C)C(=O)Nc1ccc(OC2CCOCC2)c(C)c1. The summed E-state index contributed by atoms with van der Waals surface area (Å²) in [6.45, 7) is 6.42. The van der Waals surface area contributed by atoms with Gasteiger partial charge < -0.3 is 19.7 Å². The van der Waals surface area contributed by atoms with Crippen molar-refractivity contribution in [2.24, 2.45) is 0 Å². The van der Waals surface area contributed by atoms with Crippen molar-refractivity contribution < 1.29 is 14.3 Å². The van der Waals surface area contributed by atoms with E-state index in [4.69, 9.17) is 9.47 Å². The third kappa shape index (κ3) is 5.43. The number of benzene rings is 1. The minimum atomic E-state index is -0.0732. The number of rotatable bonds is 6. The molecule has 2 amide bonds. The maximum Gasteiger partial charge on any atom is 0.321 e. The molecule has 0 aromatic heterocycles. The Bertz CT molecular complexity index is 513. The van der Waals surface area contributed by atoms with Crippen molar-refractivity contribution in [1.29, 1.82) is 0 Å². The van der Waals surface area contributed by atoms with E-state index >= 15 is 0 Å². The van der Waals surface area contributed by atoms with Gasteiger partial charge in [-0.3, -0.25) is 0 Å². The minimum Gasteiger partial charge on any atom is -0.490 e. The molecule has 1 fully saturated rings. The van der Waals surface area contributed by atoms with Crippen LogP contribution < -0.4 is 10.1 Å². The fourth-order valence-corrected chi connectivity index (χ4v) is 2.55. The summed E-state index contributed by atoms with van der Waals surface area (Å²) in [6.07, 6.45) is 4.18. The molecule has 128 valence electrons. The van der Waals surface area contributed by atoms with Gasteiger partial charge in [-0.15, -0.1) is 0 Å². The molecule has 0 aliphatic carbocycles. The molecule has 1 saturated heterocycles. The fraction of sp³-hybridized carbons (Fsp3) is 0.611. The van der Waals surface area contributed by atoms with E-state index in [0.29, 0.717) is 0 Å². The van der Waals surface area contributed by atoms with E-state index in [1.54, 1.807) is 4.90 Å². The molecule has 2 rings (SSSR count).